The van der Waals surface area contributed by atoms with Gasteiger partial charge in [-0.05, 0) is 43.5 Å². The van der Waals surface area contributed by atoms with Gasteiger partial charge in [0.2, 0.25) is 5.91 Å². The zero-order valence-corrected chi connectivity index (χ0v) is 13.8. The van der Waals surface area contributed by atoms with E-state index >= 15 is 0 Å². The second kappa shape index (κ2) is 7.08. The molecule has 1 saturated heterocycles. The summed E-state index contributed by atoms with van der Waals surface area (Å²) in [5, 5.41) is 3.03. The van der Waals surface area contributed by atoms with Crippen molar-refractivity contribution in [3.8, 4) is 0 Å². The van der Waals surface area contributed by atoms with Gasteiger partial charge < -0.3 is 10.2 Å². The fraction of sp³-hybridized carbons (Fsp3) is 0.611. The smallest absolute Gasteiger partial charge is 0.230 e. The van der Waals surface area contributed by atoms with E-state index in [1.807, 2.05) is 12.1 Å². The predicted molar refractivity (Wildman–Crippen MR) is 87.7 cm³/mol. The van der Waals surface area contributed by atoms with Crippen LogP contribution in [0, 0.1) is 25.7 Å². The molecule has 1 fully saturated rings. The number of carbonyl (C=O) groups excluding carboxylic acids is 1. The van der Waals surface area contributed by atoms with Crippen LogP contribution in [-0.4, -0.2) is 25.5 Å². The summed E-state index contributed by atoms with van der Waals surface area (Å²) < 4.78 is 0. The van der Waals surface area contributed by atoms with E-state index in [4.69, 9.17) is 0 Å². The van der Waals surface area contributed by atoms with Crippen molar-refractivity contribution in [3.63, 3.8) is 0 Å². The van der Waals surface area contributed by atoms with Crippen molar-refractivity contribution in [3.05, 3.63) is 29.3 Å². The Kier molecular flexibility index (Phi) is 5.40. The molecule has 0 aliphatic carbocycles. The van der Waals surface area contributed by atoms with Crippen LogP contribution in [0.4, 0.5) is 5.69 Å². The Bertz CT molecular complexity index is 468. The lowest BCUT2D eigenvalue weighted by atomic mass is 9.92. The molecule has 21 heavy (non-hydrogen) atoms. The van der Waals surface area contributed by atoms with Gasteiger partial charge in [0, 0.05) is 17.5 Å². The Balaban J connectivity index is 1.82. The largest absolute Gasteiger partial charge is 0.334 e. The molecule has 2 rings (SSSR count). The number of carbonyl (C=O) groups is 1. The molecule has 1 amide bonds. The third kappa shape index (κ3) is 5.16. The van der Waals surface area contributed by atoms with E-state index in [2.05, 4.69) is 39.1 Å². The summed E-state index contributed by atoms with van der Waals surface area (Å²) in [5.41, 5.74) is 3.30. The number of nitrogens with one attached hydrogen (secondary N) is 2. The predicted octanol–water partition coefficient (Wildman–Crippen LogP) is 2.19. The van der Waals surface area contributed by atoms with Crippen molar-refractivity contribution < 1.29 is 9.69 Å². The monoisotopic (exact) mass is 289 g/mol. The summed E-state index contributed by atoms with van der Waals surface area (Å²) in [6, 6.07) is 6.18. The first-order valence-electron chi connectivity index (χ1n) is 8.14. The average molecular weight is 289 g/mol. The molecule has 0 spiro atoms. The van der Waals surface area contributed by atoms with Crippen LogP contribution in [0.5, 0.6) is 0 Å². The highest BCUT2D eigenvalue weighted by Crippen LogP contribution is 2.14. The zero-order valence-electron chi connectivity index (χ0n) is 13.8. The first-order valence-corrected chi connectivity index (χ1v) is 8.14. The van der Waals surface area contributed by atoms with Gasteiger partial charge in [0.05, 0.1) is 26.1 Å². The van der Waals surface area contributed by atoms with E-state index in [1.165, 1.54) is 30.6 Å². The SMILES string of the molecule is Cc1cc(C)cc(NC(=O)CC[NH+]2C[C@@H](C)C[C@H](C)C2)c1. The van der Waals surface area contributed by atoms with Gasteiger partial charge in [-0.3, -0.25) is 4.79 Å². The number of aryl methyl sites for hydroxylation is 2. The Morgan fingerprint density at radius 3 is 2.29 bits per heavy atom. The number of benzene rings is 1. The van der Waals surface area contributed by atoms with Crippen LogP contribution >= 0.6 is 0 Å². The fourth-order valence-corrected chi connectivity index (χ4v) is 3.69. The first kappa shape index (κ1) is 16.0. The highest BCUT2D eigenvalue weighted by molar-refractivity contribution is 5.90. The van der Waals surface area contributed by atoms with E-state index in [0.29, 0.717) is 6.42 Å². The Morgan fingerprint density at radius 2 is 1.71 bits per heavy atom. The Morgan fingerprint density at radius 1 is 1.14 bits per heavy atom. The van der Waals surface area contributed by atoms with Crippen molar-refractivity contribution >= 4 is 11.6 Å². The van der Waals surface area contributed by atoms with Crippen LogP contribution in [0.1, 0.15) is 37.8 Å². The van der Waals surface area contributed by atoms with Crippen LogP contribution < -0.4 is 10.2 Å². The summed E-state index contributed by atoms with van der Waals surface area (Å²) in [7, 11) is 0. The van der Waals surface area contributed by atoms with Gasteiger partial charge in [-0.15, -0.1) is 0 Å². The molecule has 3 heteroatoms. The summed E-state index contributed by atoms with van der Waals surface area (Å²) >= 11 is 0. The number of likely N-dealkylation sites (tertiary alicyclic amines) is 1. The summed E-state index contributed by atoms with van der Waals surface area (Å²) in [5.74, 6) is 1.70. The van der Waals surface area contributed by atoms with Crippen LogP contribution in [0.2, 0.25) is 0 Å². The molecule has 0 saturated carbocycles. The molecular weight excluding hydrogens is 260 g/mol. The number of hydrogen-bond donors (Lipinski definition) is 2. The molecule has 1 aromatic carbocycles. The lowest BCUT2D eigenvalue weighted by Gasteiger charge is -2.31. The maximum Gasteiger partial charge on any atom is 0.230 e. The maximum absolute atomic E-state index is 12.1. The van der Waals surface area contributed by atoms with Crippen LogP contribution in [0.15, 0.2) is 18.2 Å². The Labute approximate surface area is 128 Å². The molecular formula is C18H29N2O+. The topological polar surface area (TPSA) is 33.5 Å². The third-order valence-corrected chi connectivity index (χ3v) is 4.29. The molecule has 3 nitrogen and oxygen atoms in total. The molecule has 0 aromatic heterocycles. The van der Waals surface area contributed by atoms with Gasteiger partial charge in [0.15, 0.2) is 0 Å². The highest BCUT2D eigenvalue weighted by Gasteiger charge is 2.25. The molecule has 1 heterocycles. The standard InChI is InChI=1S/C18H28N2O/c1-13-7-14(2)10-17(9-13)19-18(21)5-6-20-11-15(3)8-16(4)12-20/h7,9-10,15-16H,5-6,8,11-12H2,1-4H3,(H,19,21)/p+1/t15-,16-/m0/s1. The fourth-order valence-electron chi connectivity index (χ4n) is 3.69. The molecule has 0 radical (unpaired) electrons. The van der Waals surface area contributed by atoms with Crippen LogP contribution in [0.3, 0.4) is 0 Å². The normalized spacial score (nSPS) is 25.6. The molecule has 0 bridgehead atoms. The number of amides is 1. The van der Waals surface area contributed by atoms with Crippen molar-refractivity contribution in [1.82, 2.24) is 0 Å². The van der Waals surface area contributed by atoms with E-state index in [0.717, 1.165) is 24.1 Å². The van der Waals surface area contributed by atoms with E-state index < -0.39 is 0 Å². The Hall–Kier alpha value is -1.35. The van der Waals surface area contributed by atoms with Gasteiger partial charge in [-0.25, -0.2) is 0 Å². The molecule has 2 N–H and O–H groups in total. The molecule has 0 unspecified atom stereocenters. The van der Waals surface area contributed by atoms with Gasteiger partial charge in [-0.2, -0.15) is 0 Å². The van der Waals surface area contributed by atoms with E-state index in [-0.39, 0.29) is 5.91 Å². The quantitative estimate of drug-likeness (QED) is 0.875. The average Bonchev–Trinajstić information content (AvgIpc) is 2.34. The van der Waals surface area contributed by atoms with Gasteiger partial charge in [0.25, 0.3) is 0 Å². The lowest BCUT2D eigenvalue weighted by Crippen LogP contribution is -3.14. The van der Waals surface area contributed by atoms with Crippen LogP contribution in [-0.2, 0) is 4.79 Å². The number of piperidine rings is 1. The second-order valence-electron chi connectivity index (χ2n) is 7.03. The minimum absolute atomic E-state index is 0.137. The lowest BCUT2D eigenvalue weighted by molar-refractivity contribution is -0.911. The first-order chi connectivity index (χ1) is 9.92. The summed E-state index contributed by atoms with van der Waals surface area (Å²) in [6.07, 6.45) is 1.94. The van der Waals surface area contributed by atoms with Gasteiger partial charge >= 0.3 is 0 Å². The van der Waals surface area contributed by atoms with Crippen molar-refractivity contribution in [2.24, 2.45) is 11.8 Å². The minimum atomic E-state index is 0.137. The third-order valence-electron chi connectivity index (χ3n) is 4.29. The molecule has 1 aliphatic heterocycles. The summed E-state index contributed by atoms with van der Waals surface area (Å²) in [4.78, 5) is 13.7. The van der Waals surface area contributed by atoms with Crippen LogP contribution in [0.25, 0.3) is 0 Å². The van der Waals surface area contributed by atoms with Gasteiger partial charge in [-0.1, -0.05) is 19.9 Å². The number of rotatable bonds is 4. The molecule has 1 aromatic rings. The number of hydrogen-bond acceptors (Lipinski definition) is 1. The second-order valence-corrected chi connectivity index (χ2v) is 7.03. The zero-order chi connectivity index (χ0) is 15.4. The maximum atomic E-state index is 12.1. The van der Waals surface area contributed by atoms with Crippen molar-refractivity contribution in [2.45, 2.75) is 40.5 Å². The van der Waals surface area contributed by atoms with Crippen molar-refractivity contribution in [1.29, 1.82) is 0 Å². The number of anilines is 1. The molecule has 1 aliphatic rings. The molecule has 116 valence electrons. The highest BCUT2D eigenvalue weighted by atomic mass is 16.1. The van der Waals surface area contributed by atoms with E-state index in [1.54, 1.807) is 4.90 Å². The van der Waals surface area contributed by atoms with E-state index in [9.17, 15) is 4.79 Å². The minimum Gasteiger partial charge on any atom is -0.334 e. The molecule has 2 atom stereocenters. The van der Waals surface area contributed by atoms with Gasteiger partial charge in [0.1, 0.15) is 0 Å². The van der Waals surface area contributed by atoms with Crippen molar-refractivity contribution in [2.75, 3.05) is 25.0 Å². The summed E-state index contributed by atoms with van der Waals surface area (Å²) in [6.45, 7) is 12.1. The number of quaternary nitrogens is 1.